The highest BCUT2D eigenvalue weighted by Crippen LogP contribution is 2.33. The number of thiazole rings is 1. The van der Waals surface area contributed by atoms with Gasteiger partial charge in [0, 0.05) is 35.4 Å². The lowest BCUT2D eigenvalue weighted by Gasteiger charge is -2.19. The predicted octanol–water partition coefficient (Wildman–Crippen LogP) is 5.46. The Morgan fingerprint density at radius 3 is 2.80 bits per heavy atom. The zero-order valence-electron chi connectivity index (χ0n) is 15.6. The van der Waals surface area contributed by atoms with Gasteiger partial charge in [-0.05, 0) is 36.1 Å². The van der Waals surface area contributed by atoms with Gasteiger partial charge in [0.1, 0.15) is 10.7 Å². The maximum Gasteiger partial charge on any atom is 0.266 e. The molecule has 2 N–H and O–H groups in total. The Hall–Kier alpha value is -2.75. The van der Waals surface area contributed by atoms with Crippen molar-refractivity contribution in [1.82, 2.24) is 9.97 Å². The highest BCUT2D eigenvalue weighted by molar-refractivity contribution is 7.93. The van der Waals surface area contributed by atoms with Crippen LogP contribution in [0.2, 0.25) is 5.02 Å². The van der Waals surface area contributed by atoms with Gasteiger partial charge in [-0.2, -0.15) is 0 Å². The molecular formula is C20H16ClFN4O2S2. The van der Waals surface area contributed by atoms with E-state index in [9.17, 15) is 12.8 Å². The van der Waals surface area contributed by atoms with Gasteiger partial charge in [-0.15, -0.1) is 11.3 Å². The second-order valence-electron chi connectivity index (χ2n) is 6.52. The van der Waals surface area contributed by atoms with Gasteiger partial charge in [0.05, 0.1) is 10.7 Å². The van der Waals surface area contributed by atoms with Crippen LogP contribution in [-0.2, 0) is 10.0 Å². The Bertz CT molecular complexity index is 1310. The molecule has 154 valence electrons. The van der Waals surface area contributed by atoms with E-state index in [2.05, 4.69) is 20.0 Å². The van der Waals surface area contributed by atoms with Gasteiger partial charge in [-0.1, -0.05) is 29.8 Å². The molecule has 0 spiro atoms. The van der Waals surface area contributed by atoms with Crippen LogP contribution in [0.15, 0.2) is 65.3 Å². The maximum absolute atomic E-state index is 14.7. The number of hydrogen-bond donors (Lipinski definition) is 2. The zero-order chi connectivity index (χ0) is 21.3. The fraction of sp³-hybridized carbons (Fsp3) is 0.100. The SMILES string of the molecule is CC(Nc1cc(F)c(S(=O)(=O)Nc2nccs2)cc1Cl)c1cccc2ccncc12. The molecule has 0 aliphatic heterocycles. The summed E-state index contributed by atoms with van der Waals surface area (Å²) in [6, 6.07) is 9.71. The van der Waals surface area contributed by atoms with E-state index in [-0.39, 0.29) is 21.9 Å². The van der Waals surface area contributed by atoms with Crippen molar-refractivity contribution in [3.8, 4) is 0 Å². The number of halogens is 2. The highest BCUT2D eigenvalue weighted by atomic mass is 35.5. The molecule has 0 saturated carbocycles. The number of sulfonamides is 1. The average molecular weight is 463 g/mol. The lowest BCUT2D eigenvalue weighted by Crippen LogP contribution is -2.15. The molecule has 0 fully saturated rings. The minimum absolute atomic E-state index is 0.0844. The first-order chi connectivity index (χ1) is 14.3. The van der Waals surface area contributed by atoms with Crippen LogP contribution in [0.3, 0.4) is 0 Å². The summed E-state index contributed by atoms with van der Waals surface area (Å²) in [6.07, 6.45) is 4.93. The van der Waals surface area contributed by atoms with Crippen molar-refractivity contribution in [3.63, 3.8) is 0 Å². The van der Waals surface area contributed by atoms with E-state index < -0.39 is 20.7 Å². The van der Waals surface area contributed by atoms with E-state index in [4.69, 9.17) is 11.6 Å². The lowest BCUT2D eigenvalue weighted by molar-refractivity contribution is 0.570. The number of nitrogens with one attached hydrogen (secondary N) is 2. The molecule has 10 heteroatoms. The largest absolute Gasteiger partial charge is 0.377 e. The van der Waals surface area contributed by atoms with E-state index in [1.807, 2.05) is 31.2 Å². The number of hydrogen-bond acceptors (Lipinski definition) is 6. The summed E-state index contributed by atoms with van der Waals surface area (Å²) in [4.78, 5) is 7.48. The first kappa shape index (κ1) is 20.5. The monoisotopic (exact) mass is 462 g/mol. The predicted molar refractivity (Wildman–Crippen MR) is 118 cm³/mol. The van der Waals surface area contributed by atoms with Crippen LogP contribution in [0.4, 0.5) is 15.2 Å². The van der Waals surface area contributed by atoms with Crippen LogP contribution in [-0.4, -0.2) is 18.4 Å². The third kappa shape index (κ3) is 4.09. The summed E-state index contributed by atoms with van der Waals surface area (Å²) in [5.74, 6) is -0.919. The minimum atomic E-state index is -4.16. The standard InChI is InChI=1S/C20H16ClFN4O2S2/c1-12(14-4-2-3-13-5-6-23-11-15(13)14)25-18-10-17(22)19(9-16(18)21)30(27,28)26-20-24-7-8-29-20/h2-12,25H,1H3,(H,24,26). The van der Waals surface area contributed by atoms with Crippen LogP contribution < -0.4 is 10.0 Å². The molecule has 0 amide bonds. The van der Waals surface area contributed by atoms with Crippen LogP contribution in [0.25, 0.3) is 10.8 Å². The lowest BCUT2D eigenvalue weighted by atomic mass is 10.0. The Morgan fingerprint density at radius 2 is 2.03 bits per heavy atom. The summed E-state index contributed by atoms with van der Waals surface area (Å²) >= 11 is 7.38. The van der Waals surface area contributed by atoms with Crippen LogP contribution in [0, 0.1) is 5.82 Å². The van der Waals surface area contributed by atoms with Crippen molar-refractivity contribution in [1.29, 1.82) is 0 Å². The van der Waals surface area contributed by atoms with Crippen molar-refractivity contribution >= 4 is 54.6 Å². The summed E-state index contributed by atoms with van der Waals surface area (Å²) < 4.78 is 42.0. The Labute approximate surface area is 181 Å². The molecule has 0 radical (unpaired) electrons. The quantitative estimate of drug-likeness (QED) is 0.397. The van der Waals surface area contributed by atoms with E-state index in [1.165, 1.54) is 6.20 Å². The van der Waals surface area contributed by atoms with E-state index in [0.717, 1.165) is 39.8 Å². The number of nitrogens with zero attached hydrogens (tertiary/aromatic N) is 2. The first-order valence-electron chi connectivity index (χ1n) is 8.86. The smallest absolute Gasteiger partial charge is 0.266 e. The van der Waals surface area contributed by atoms with Crippen LogP contribution in [0.1, 0.15) is 18.5 Å². The molecule has 1 atom stereocenters. The molecule has 30 heavy (non-hydrogen) atoms. The van der Waals surface area contributed by atoms with Crippen molar-refractivity contribution < 1.29 is 12.8 Å². The summed E-state index contributed by atoms with van der Waals surface area (Å²) in [7, 11) is -4.16. The van der Waals surface area contributed by atoms with Crippen LogP contribution >= 0.6 is 22.9 Å². The topological polar surface area (TPSA) is 84.0 Å². The first-order valence-corrected chi connectivity index (χ1v) is 11.6. The number of rotatable bonds is 6. The number of benzene rings is 2. The van der Waals surface area contributed by atoms with Crippen molar-refractivity contribution in [2.75, 3.05) is 10.0 Å². The van der Waals surface area contributed by atoms with Gasteiger partial charge in [0.25, 0.3) is 10.0 Å². The molecule has 4 aromatic rings. The molecule has 1 unspecified atom stereocenters. The van der Waals surface area contributed by atoms with E-state index in [0.29, 0.717) is 0 Å². The Kier molecular flexibility index (Phi) is 5.59. The third-order valence-corrected chi connectivity index (χ3v) is 7.01. The molecule has 4 rings (SSSR count). The van der Waals surface area contributed by atoms with Gasteiger partial charge >= 0.3 is 0 Å². The number of anilines is 2. The molecule has 2 heterocycles. The van der Waals surface area contributed by atoms with Gasteiger partial charge < -0.3 is 5.32 Å². The van der Waals surface area contributed by atoms with E-state index >= 15 is 0 Å². The van der Waals surface area contributed by atoms with Crippen LogP contribution in [0.5, 0.6) is 0 Å². The summed E-state index contributed by atoms with van der Waals surface area (Å²) in [5.41, 5.74) is 1.25. The minimum Gasteiger partial charge on any atom is -0.377 e. The normalized spacial score (nSPS) is 12.6. The third-order valence-electron chi connectivity index (χ3n) is 4.52. The number of pyridine rings is 1. The maximum atomic E-state index is 14.7. The highest BCUT2D eigenvalue weighted by Gasteiger charge is 2.23. The fourth-order valence-corrected chi connectivity index (χ4v) is 5.27. The number of fused-ring (bicyclic) bond motifs is 1. The summed E-state index contributed by atoms with van der Waals surface area (Å²) in [5, 5.41) is 6.99. The molecule has 0 aliphatic rings. The van der Waals surface area contributed by atoms with Gasteiger partial charge in [-0.3, -0.25) is 9.71 Å². The molecule has 6 nitrogen and oxygen atoms in total. The van der Waals surface area contributed by atoms with Crippen molar-refractivity contribution in [3.05, 3.63) is 76.8 Å². The van der Waals surface area contributed by atoms with Gasteiger partial charge in [0.15, 0.2) is 5.13 Å². The Balaban J connectivity index is 1.63. The van der Waals surface area contributed by atoms with E-state index in [1.54, 1.807) is 17.8 Å². The molecule has 2 aromatic heterocycles. The molecule has 0 saturated heterocycles. The molecule has 2 aromatic carbocycles. The summed E-state index contributed by atoms with van der Waals surface area (Å²) in [6.45, 7) is 1.91. The number of aromatic nitrogens is 2. The molecule has 0 aliphatic carbocycles. The van der Waals surface area contributed by atoms with Gasteiger partial charge in [-0.25, -0.2) is 17.8 Å². The average Bonchev–Trinajstić information content (AvgIpc) is 3.22. The van der Waals surface area contributed by atoms with Gasteiger partial charge in [0.2, 0.25) is 0 Å². The Morgan fingerprint density at radius 1 is 1.20 bits per heavy atom. The second-order valence-corrected chi connectivity index (χ2v) is 9.47. The zero-order valence-corrected chi connectivity index (χ0v) is 18.0. The fourth-order valence-electron chi connectivity index (χ4n) is 3.11. The molecule has 0 bridgehead atoms. The van der Waals surface area contributed by atoms with Crippen molar-refractivity contribution in [2.24, 2.45) is 0 Å². The molecular weight excluding hydrogens is 447 g/mol. The second kappa shape index (κ2) is 8.17. The van der Waals surface area contributed by atoms with Crippen molar-refractivity contribution in [2.45, 2.75) is 17.9 Å².